The summed E-state index contributed by atoms with van der Waals surface area (Å²) in [4.78, 5) is 35.9. The lowest BCUT2D eigenvalue weighted by Crippen LogP contribution is -2.34. The van der Waals surface area contributed by atoms with E-state index in [1.807, 2.05) is 0 Å². The highest BCUT2D eigenvalue weighted by Gasteiger charge is 2.53. The number of Topliss-reactive ketones (excluding diaryl/α,β-unsaturated/α-hetero) is 1. The van der Waals surface area contributed by atoms with Crippen LogP contribution in [0.5, 0.6) is 0 Å². The van der Waals surface area contributed by atoms with Crippen LogP contribution in [0.2, 0.25) is 5.02 Å². The van der Waals surface area contributed by atoms with Crippen molar-refractivity contribution in [2.45, 2.75) is 19.0 Å². The van der Waals surface area contributed by atoms with Gasteiger partial charge in [-0.2, -0.15) is 13.2 Å². The summed E-state index contributed by atoms with van der Waals surface area (Å²) in [5, 5.41) is 9.38. The molecule has 0 radical (unpaired) electrons. The monoisotopic (exact) mass is 377 g/mol. The fourth-order valence-corrected chi connectivity index (χ4v) is 2.87. The molecule has 0 spiro atoms. The second-order valence-corrected chi connectivity index (χ2v) is 6.26. The van der Waals surface area contributed by atoms with E-state index < -0.39 is 43.0 Å². The molecule has 0 unspecified atom stereocenters. The van der Waals surface area contributed by atoms with Crippen LogP contribution in [0, 0.1) is 11.8 Å². The van der Waals surface area contributed by atoms with Crippen LogP contribution in [0.15, 0.2) is 24.3 Å². The number of carboxylic acid groups (broad SMARTS) is 1. The lowest BCUT2D eigenvalue weighted by Gasteiger charge is -2.18. The van der Waals surface area contributed by atoms with Gasteiger partial charge in [-0.05, 0) is 24.3 Å². The van der Waals surface area contributed by atoms with Crippen LogP contribution in [-0.4, -0.2) is 46.9 Å². The first-order chi connectivity index (χ1) is 11.6. The average Bonchev–Trinajstić information content (AvgIpc) is 2.99. The van der Waals surface area contributed by atoms with Gasteiger partial charge in [0.1, 0.15) is 0 Å². The van der Waals surface area contributed by atoms with E-state index in [4.69, 9.17) is 16.7 Å². The summed E-state index contributed by atoms with van der Waals surface area (Å²) in [5.41, 5.74) is 0.343. The molecule has 1 amide bonds. The Kier molecular flexibility index (Phi) is 5.72. The minimum absolute atomic E-state index is 0.175. The van der Waals surface area contributed by atoms with Crippen molar-refractivity contribution < 1.29 is 32.7 Å². The number of ketones is 1. The van der Waals surface area contributed by atoms with Gasteiger partial charge in [-0.1, -0.05) is 11.6 Å². The third-order valence-corrected chi connectivity index (χ3v) is 4.39. The molecule has 1 N–H and O–H groups in total. The molecule has 1 aromatic rings. The van der Waals surface area contributed by atoms with Crippen molar-refractivity contribution in [3.8, 4) is 0 Å². The van der Waals surface area contributed by atoms with Crippen molar-refractivity contribution in [1.82, 2.24) is 4.90 Å². The van der Waals surface area contributed by atoms with Gasteiger partial charge in [0.15, 0.2) is 5.78 Å². The molecule has 1 saturated heterocycles. The number of aliphatic carboxylic acids is 1. The van der Waals surface area contributed by atoms with Crippen molar-refractivity contribution >= 4 is 29.3 Å². The first-order valence-corrected chi connectivity index (χ1v) is 7.83. The minimum atomic E-state index is -4.70. The van der Waals surface area contributed by atoms with Crippen molar-refractivity contribution in [1.29, 1.82) is 0 Å². The molecule has 1 aromatic carbocycles. The Morgan fingerprint density at radius 2 is 1.72 bits per heavy atom. The third kappa shape index (κ3) is 4.72. The predicted octanol–water partition coefficient (Wildman–Crippen LogP) is 3.02. The van der Waals surface area contributed by atoms with Crippen LogP contribution in [0.4, 0.5) is 13.2 Å². The molecule has 25 heavy (non-hydrogen) atoms. The summed E-state index contributed by atoms with van der Waals surface area (Å²) in [6.07, 6.45) is -5.15. The maximum absolute atomic E-state index is 12.9. The van der Waals surface area contributed by atoms with Gasteiger partial charge in [0, 0.05) is 36.5 Å². The molecule has 5 nitrogen and oxygen atoms in total. The lowest BCUT2D eigenvalue weighted by atomic mass is 9.96. The fraction of sp³-hybridized carbons (Fsp3) is 0.438. The van der Waals surface area contributed by atoms with Crippen LogP contribution >= 0.6 is 11.6 Å². The summed E-state index contributed by atoms with van der Waals surface area (Å²) in [6.45, 7) is -1.21. The predicted molar refractivity (Wildman–Crippen MR) is 82.3 cm³/mol. The standard InChI is InChI=1S/C16H15ClF3NO4/c17-10-3-1-9(2-4-10)13(22)5-6-14(23)21-7-11(15(24)25)12(8-21)16(18,19)20/h1-4,11-12H,5-8H2,(H,24,25)/t11-,12-/m1/s1. The van der Waals surface area contributed by atoms with Crippen LogP contribution in [-0.2, 0) is 9.59 Å². The molecule has 0 saturated carbocycles. The van der Waals surface area contributed by atoms with Crippen molar-refractivity contribution in [2.24, 2.45) is 11.8 Å². The molecule has 9 heteroatoms. The summed E-state index contributed by atoms with van der Waals surface area (Å²) >= 11 is 5.71. The number of halogens is 4. The number of carbonyl (C=O) groups excluding carboxylic acids is 2. The Hall–Kier alpha value is -2.09. The van der Waals surface area contributed by atoms with Crippen molar-refractivity contribution in [3.05, 3.63) is 34.9 Å². The highest BCUT2D eigenvalue weighted by Crippen LogP contribution is 2.38. The molecule has 1 aliphatic rings. The number of carbonyl (C=O) groups is 3. The molecule has 2 atom stereocenters. The van der Waals surface area contributed by atoms with E-state index >= 15 is 0 Å². The largest absolute Gasteiger partial charge is 0.481 e. The number of hydrogen-bond donors (Lipinski definition) is 1. The van der Waals surface area contributed by atoms with Gasteiger partial charge in [0.05, 0.1) is 11.8 Å². The summed E-state index contributed by atoms with van der Waals surface area (Å²) in [6, 6.07) is 6.02. The first kappa shape index (κ1) is 19.2. The SMILES string of the molecule is O=C(CCC(=O)N1C[C@@H](C(F)(F)F)[C@H](C(=O)O)C1)c1ccc(Cl)cc1. The molecule has 1 fully saturated rings. The van der Waals surface area contributed by atoms with Gasteiger partial charge in [0.2, 0.25) is 5.91 Å². The van der Waals surface area contributed by atoms with Crippen LogP contribution in [0.3, 0.4) is 0 Å². The zero-order valence-electron chi connectivity index (χ0n) is 12.9. The first-order valence-electron chi connectivity index (χ1n) is 7.45. The van der Waals surface area contributed by atoms with Gasteiger partial charge in [-0.15, -0.1) is 0 Å². The zero-order chi connectivity index (χ0) is 18.8. The maximum atomic E-state index is 12.9. The molecule has 0 aliphatic carbocycles. The van der Waals surface area contributed by atoms with E-state index in [0.717, 1.165) is 4.90 Å². The molecule has 1 heterocycles. The number of carboxylic acids is 1. The smallest absolute Gasteiger partial charge is 0.394 e. The van der Waals surface area contributed by atoms with Gasteiger partial charge in [0.25, 0.3) is 0 Å². The van der Waals surface area contributed by atoms with Crippen molar-refractivity contribution in [2.75, 3.05) is 13.1 Å². The Morgan fingerprint density at radius 1 is 1.12 bits per heavy atom. The molecule has 0 aromatic heterocycles. The second kappa shape index (κ2) is 7.43. The van der Waals surface area contributed by atoms with Gasteiger partial charge in [-0.25, -0.2) is 0 Å². The molecular formula is C16H15ClF3NO4. The number of likely N-dealkylation sites (tertiary alicyclic amines) is 1. The second-order valence-electron chi connectivity index (χ2n) is 5.82. The molecule has 136 valence electrons. The third-order valence-electron chi connectivity index (χ3n) is 4.14. The number of rotatable bonds is 5. The maximum Gasteiger partial charge on any atom is 0.394 e. The minimum Gasteiger partial charge on any atom is -0.481 e. The van der Waals surface area contributed by atoms with Crippen LogP contribution in [0.1, 0.15) is 23.2 Å². The Labute approximate surface area is 146 Å². The van der Waals surface area contributed by atoms with Crippen LogP contribution in [0.25, 0.3) is 0 Å². The molecule has 1 aliphatic heterocycles. The number of benzene rings is 1. The quantitative estimate of drug-likeness (QED) is 0.800. The van der Waals surface area contributed by atoms with Crippen molar-refractivity contribution in [3.63, 3.8) is 0 Å². The number of amides is 1. The van der Waals surface area contributed by atoms with E-state index in [9.17, 15) is 27.6 Å². The highest BCUT2D eigenvalue weighted by molar-refractivity contribution is 6.30. The summed E-state index contributed by atoms with van der Waals surface area (Å²) < 4.78 is 38.7. The topological polar surface area (TPSA) is 74.7 Å². The molecule has 2 rings (SSSR count). The van der Waals surface area contributed by atoms with Crippen LogP contribution < -0.4 is 0 Å². The van der Waals surface area contributed by atoms with E-state index in [2.05, 4.69) is 0 Å². The average molecular weight is 378 g/mol. The van der Waals surface area contributed by atoms with Gasteiger partial charge in [-0.3, -0.25) is 14.4 Å². The molecule has 0 bridgehead atoms. The highest BCUT2D eigenvalue weighted by atomic mass is 35.5. The Bertz CT molecular complexity index is 675. The summed E-state index contributed by atoms with van der Waals surface area (Å²) in [5.74, 6) is -6.38. The Morgan fingerprint density at radius 3 is 2.20 bits per heavy atom. The molecular weight excluding hydrogens is 363 g/mol. The number of nitrogens with zero attached hydrogens (tertiary/aromatic N) is 1. The van der Waals surface area contributed by atoms with E-state index in [-0.39, 0.29) is 18.6 Å². The van der Waals surface area contributed by atoms with Gasteiger partial charge >= 0.3 is 12.1 Å². The lowest BCUT2D eigenvalue weighted by molar-refractivity contribution is -0.188. The summed E-state index contributed by atoms with van der Waals surface area (Å²) in [7, 11) is 0. The van der Waals surface area contributed by atoms with Gasteiger partial charge < -0.3 is 10.0 Å². The van der Waals surface area contributed by atoms with E-state index in [1.165, 1.54) is 24.3 Å². The Balaban J connectivity index is 1.96. The van der Waals surface area contributed by atoms with E-state index in [0.29, 0.717) is 10.6 Å². The fourth-order valence-electron chi connectivity index (χ4n) is 2.75. The number of alkyl halides is 3. The normalized spacial score (nSPS) is 20.6. The zero-order valence-corrected chi connectivity index (χ0v) is 13.7. The number of hydrogen-bond acceptors (Lipinski definition) is 3. The van der Waals surface area contributed by atoms with E-state index in [1.54, 1.807) is 0 Å².